The van der Waals surface area contributed by atoms with Crippen molar-refractivity contribution in [1.82, 2.24) is 9.78 Å². The number of rotatable bonds is 2. The zero-order chi connectivity index (χ0) is 16.5. The number of hydrogen-bond acceptors (Lipinski definition) is 4. The van der Waals surface area contributed by atoms with Crippen LogP contribution in [0.15, 0.2) is 24.3 Å². The summed E-state index contributed by atoms with van der Waals surface area (Å²) in [6, 6.07) is 5.76. The number of benzene rings is 1. The van der Waals surface area contributed by atoms with Crippen LogP contribution in [0.2, 0.25) is 0 Å². The molecule has 0 spiro atoms. The van der Waals surface area contributed by atoms with Gasteiger partial charge in [0.05, 0.1) is 5.69 Å². The maximum absolute atomic E-state index is 14.0. The Hall–Kier alpha value is -2.57. The summed E-state index contributed by atoms with van der Waals surface area (Å²) in [5.74, 6) is -0.0345. The van der Waals surface area contributed by atoms with Crippen molar-refractivity contribution < 1.29 is 13.9 Å². The smallest absolute Gasteiger partial charge is 0.412 e. The number of nitrogens with two attached hydrogens (primary N) is 1. The number of nitrogen functional groups attached to an aromatic ring is 1. The lowest BCUT2D eigenvalue weighted by Crippen LogP contribution is -2.27. The predicted octanol–water partition coefficient (Wildman–Crippen LogP) is 3.16. The largest absolute Gasteiger partial charge is 0.444 e. The summed E-state index contributed by atoms with van der Waals surface area (Å²) >= 11 is 0. The van der Waals surface area contributed by atoms with Crippen LogP contribution in [0.4, 0.5) is 20.7 Å². The van der Waals surface area contributed by atoms with Crippen molar-refractivity contribution in [3.05, 3.63) is 30.1 Å². The fourth-order valence-electron chi connectivity index (χ4n) is 1.83. The number of anilines is 2. The molecule has 1 heterocycles. The van der Waals surface area contributed by atoms with Crippen molar-refractivity contribution in [3.63, 3.8) is 0 Å². The van der Waals surface area contributed by atoms with E-state index in [1.165, 1.54) is 22.9 Å². The quantitative estimate of drug-likeness (QED) is 0.893. The van der Waals surface area contributed by atoms with Gasteiger partial charge < -0.3 is 10.5 Å². The summed E-state index contributed by atoms with van der Waals surface area (Å²) in [6.07, 6.45) is -0.606. The van der Waals surface area contributed by atoms with Crippen LogP contribution >= 0.6 is 0 Å². The molecule has 0 saturated carbocycles. The average Bonchev–Trinajstić information content (AvgIpc) is 2.69. The molecule has 0 saturated heterocycles. The van der Waals surface area contributed by atoms with Gasteiger partial charge >= 0.3 is 6.09 Å². The number of carbonyl (C=O) groups is 1. The Balaban J connectivity index is 2.25. The van der Waals surface area contributed by atoms with E-state index in [1.54, 1.807) is 33.9 Å². The zero-order valence-electron chi connectivity index (χ0n) is 13.0. The zero-order valence-corrected chi connectivity index (χ0v) is 13.0. The van der Waals surface area contributed by atoms with E-state index in [0.717, 1.165) is 0 Å². The van der Waals surface area contributed by atoms with E-state index in [9.17, 15) is 9.18 Å². The lowest BCUT2D eigenvalue weighted by atomic mass is 10.1. The molecule has 0 unspecified atom stereocenters. The topological polar surface area (TPSA) is 82.2 Å². The van der Waals surface area contributed by atoms with Crippen molar-refractivity contribution in [2.24, 2.45) is 7.05 Å². The van der Waals surface area contributed by atoms with E-state index in [2.05, 4.69) is 10.4 Å². The van der Waals surface area contributed by atoms with E-state index >= 15 is 0 Å². The molecule has 2 aromatic rings. The minimum Gasteiger partial charge on any atom is -0.444 e. The molecule has 118 valence electrons. The molecule has 22 heavy (non-hydrogen) atoms. The molecule has 0 aliphatic rings. The van der Waals surface area contributed by atoms with Crippen LogP contribution in [0.5, 0.6) is 0 Å². The summed E-state index contributed by atoms with van der Waals surface area (Å²) in [5, 5.41) is 6.69. The van der Waals surface area contributed by atoms with Gasteiger partial charge in [0.15, 0.2) is 0 Å². The molecule has 3 N–H and O–H groups in total. The number of nitrogens with one attached hydrogen (secondary N) is 1. The first-order valence-corrected chi connectivity index (χ1v) is 6.75. The molecule has 0 aliphatic heterocycles. The molecule has 0 atom stereocenters. The van der Waals surface area contributed by atoms with Crippen LogP contribution in [0, 0.1) is 5.82 Å². The number of amides is 1. The second-order valence-electron chi connectivity index (χ2n) is 5.90. The highest BCUT2D eigenvalue weighted by atomic mass is 19.1. The van der Waals surface area contributed by atoms with E-state index in [0.29, 0.717) is 17.2 Å². The van der Waals surface area contributed by atoms with Gasteiger partial charge in [0.1, 0.15) is 17.2 Å². The number of nitrogens with zero attached hydrogens (tertiary/aromatic N) is 2. The van der Waals surface area contributed by atoms with Crippen molar-refractivity contribution in [2.45, 2.75) is 26.4 Å². The Labute approximate surface area is 128 Å². The molecule has 2 rings (SSSR count). The second kappa shape index (κ2) is 5.67. The van der Waals surface area contributed by atoms with E-state index in [-0.39, 0.29) is 5.56 Å². The highest BCUT2D eigenvalue weighted by Crippen LogP contribution is 2.26. The molecular formula is C15H19FN4O2. The molecule has 0 aliphatic carbocycles. The van der Waals surface area contributed by atoms with Crippen LogP contribution in [0.3, 0.4) is 0 Å². The minimum atomic E-state index is -0.609. The van der Waals surface area contributed by atoms with Gasteiger partial charge in [-0.3, -0.25) is 10.00 Å². The van der Waals surface area contributed by atoms with Gasteiger partial charge in [-0.25, -0.2) is 9.18 Å². The first kappa shape index (κ1) is 15.8. The summed E-state index contributed by atoms with van der Waals surface area (Å²) in [6.45, 7) is 5.29. The van der Waals surface area contributed by atoms with Gasteiger partial charge in [0.2, 0.25) is 0 Å². The number of aromatic nitrogens is 2. The fourth-order valence-corrected chi connectivity index (χ4v) is 1.83. The monoisotopic (exact) mass is 306 g/mol. The molecule has 6 nitrogen and oxygen atoms in total. The van der Waals surface area contributed by atoms with E-state index < -0.39 is 17.5 Å². The van der Waals surface area contributed by atoms with Crippen LogP contribution < -0.4 is 11.1 Å². The molecule has 0 radical (unpaired) electrons. The van der Waals surface area contributed by atoms with Gasteiger partial charge in [-0.2, -0.15) is 5.10 Å². The van der Waals surface area contributed by atoms with Crippen molar-refractivity contribution in [3.8, 4) is 11.3 Å². The van der Waals surface area contributed by atoms with E-state index in [1.807, 2.05) is 0 Å². The third-order valence-corrected chi connectivity index (χ3v) is 2.80. The summed E-state index contributed by atoms with van der Waals surface area (Å²) < 4.78 is 20.6. The Morgan fingerprint density at radius 3 is 2.59 bits per heavy atom. The summed E-state index contributed by atoms with van der Waals surface area (Å²) in [7, 11) is 1.67. The molecule has 1 aromatic heterocycles. The van der Waals surface area contributed by atoms with Gasteiger partial charge in [0.25, 0.3) is 0 Å². The summed E-state index contributed by atoms with van der Waals surface area (Å²) in [4.78, 5) is 11.8. The highest BCUT2D eigenvalue weighted by molar-refractivity contribution is 5.86. The third-order valence-electron chi connectivity index (χ3n) is 2.80. The number of aryl methyl sites for hydroxylation is 1. The molecular weight excluding hydrogens is 287 g/mol. The van der Waals surface area contributed by atoms with Crippen molar-refractivity contribution in [1.29, 1.82) is 0 Å². The number of hydrogen-bond donors (Lipinski definition) is 2. The Kier molecular flexibility index (Phi) is 4.07. The number of halogens is 1. The molecule has 0 fully saturated rings. The maximum Gasteiger partial charge on any atom is 0.412 e. The van der Waals surface area contributed by atoms with Gasteiger partial charge in [-0.05, 0) is 39.0 Å². The second-order valence-corrected chi connectivity index (χ2v) is 5.90. The van der Waals surface area contributed by atoms with Crippen LogP contribution in [0.25, 0.3) is 11.3 Å². The fraction of sp³-hybridized carbons (Fsp3) is 0.333. The molecule has 0 bridgehead atoms. The van der Waals surface area contributed by atoms with Crippen molar-refractivity contribution >= 4 is 17.6 Å². The standard InChI is InChI=1S/C15H19FN4O2/c1-15(2,3)22-14(21)18-9-5-6-11(16)10(7-9)12-8-13(17)20(4)19-12/h5-8H,17H2,1-4H3,(H,18,21). The Morgan fingerprint density at radius 2 is 2.05 bits per heavy atom. The van der Waals surface area contributed by atoms with E-state index in [4.69, 9.17) is 10.5 Å². The number of ether oxygens (including phenoxy) is 1. The predicted molar refractivity (Wildman–Crippen MR) is 82.9 cm³/mol. The van der Waals surface area contributed by atoms with Gasteiger partial charge in [-0.15, -0.1) is 0 Å². The lowest BCUT2D eigenvalue weighted by molar-refractivity contribution is 0.0636. The van der Waals surface area contributed by atoms with Crippen LogP contribution in [-0.2, 0) is 11.8 Å². The summed E-state index contributed by atoms with van der Waals surface area (Å²) in [5.41, 5.74) is 6.15. The lowest BCUT2D eigenvalue weighted by Gasteiger charge is -2.19. The first-order chi connectivity index (χ1) is 10.2. The maximum atomic E-state index is 14.0. The SMILES string of the molecule is Cn1nc(-c2cc(NC(=O)OC(C)(C)C)ccc2F)cc1N. The highest BCUT2D eigenvalue weighted by Gasteiger charge is 2.17. The molecule has 7 heteroatoms. The molecule has 1 aromatic carbocycles. The molecule has 1 amide bonds. The van der Waals surface area contributed by atoms with Crippen molar-refractivity contribution in [2.75, 3.05) is 11.1 Å². The first-order valence-electron chi connectivity index (χ1n) is 6.75. The minimum absolute atomic E-state index is 0.251. The van der Waals surface area contributed by atoms with Gasteiger partial charge in [0, 0.05) is 24.4 Å². The van der Waals surface area contributed by atoms with Crippen LogP contribution in [0.1, 0.15) is 20.8 Å². The van der Waals surface area contributed by atoms with Crippen LogP contribution in [-0.4, -0.2) is 21.5 Å². The van der Waals surface area contributed by atoms with Gasteiger partial charge in [-0.1, -0.05) is 0 Å². The Morgan fingerprint density at radius 1 is 1.36 bits per heavy atom. The average molecular weight is 306 g/mol. The number of carbonyl (C=O) groups excluding carboxylic acids is 1. The third kappa shape index (κ3) is 3.75. The Bertz CT molecular complexity index is 685. The normalized spacial score (nSPS) is 11.3.